The quantitative estimate of drug-likeness (QED) is 0.732. The van der Waals surface area contributed by atoms with Crippen molar-refractivity contribution in [3.63, 3.8) is 0 Å². The summed E-state index contributed by atoms with van der Waals surface area (Å²) in [6.45, 7) is 1.47. The fourth-order valence-corrected chi connectivity index (χ4v) is 1.76. The minimum Gasteiger partial charge on any atom is -0.389 e. The molecule has 1 heterocycles. The predicted octanol–water partition coefficient (Wildman–Crippen LogP) is 0.425. The van der Waals surface area contributed by atoms with Gasteiger partial charge in [0.15, 0.2) is 0 Å². The van der Waals surface area contributed by atoms with E-state index in [0.29, 0.717) is 6.54 Å². The van der Waals surface area contributed by atoms with E-state index in [0.717, 1.165) is 31.5 Å². The summed E-state index contributed by atoms with van der Waals surface area (Å²) >= 11 is 0. The monoisotopic (exact) mass is 195 g/mol. The first-order valence-corrected chi connectivity index (χ1v) is 5.10. The number of nitrogens with one attached hydrogen (secondary N) is 1. The van der Waals surface area contributed by atoms with Crippen molar-refractivity contribution in [2.75, 3.05) is 6.54 Å². The average molecular weight is 195 g/mol. The SMILES string of the molecule is Cn1nccc1CNCC1(O)CCC1. The molecule has 1 fully saturated rings. The zero-order valence-electron chi connectivity index (χ0n) is 8.53. The van der Waals surface area contributed by atoms with Crippen molar-refractivity contribution < 1.29 is 5.11 Å². The Bertz CT molecular complexity index is 304. The molecule has 0 unspecified atom stereocenters. The summed E-state index contributed by atoms with van der Waals surface area (Å²) in [5, 5.41) is 17.2. The lowest BCUT2D eigenvalue weighted by atomic mass is 9.80. The Hall–Kier alpha value is -0.870. The first-order valence-electron chi connectivity index (χ1n) is 5.10. The maximum atomic E-state index is 9.82. The topological polar surface area (TPSA) is 50.1 Å². The number of aryl methyl sites for hydroxylation is 1. The van der Waals surface area contributed by atoms with Crippen LogP contribution in [0.2, 0.25) is 0 Å². The number of nitrogens with zero attached hydrogens (tertiary/aromatic N) is 2. The second kappa shape index (κ2) is 3.71. The van der Waals surface area contributed by atoms with E-state index in [1.54, 1.807) is 6.20 Å². The molecule has 2 N–H and O–H groups in total. The lowest BCUT2D eigenvalue weighted by molar-refractivity contribution is -0.0315. The van der Waals surface area contributed by atoms with Crippen molar-refractivity contribution in [1.29, 1.82) is 0 Å². The van der Waals surface area contributed by atoms with Gasteiger partial charge in [-0.25, -0.2) is 0 Å². The molecule has 0 aliphatic heterocycles. The molecule has 2 rings (SSSR count). The number of aliphatic hydroxyl groups is 1. The highest BCUT2D eigenvalue weighted by Gasteiger charge is 2.33. The molecule has 0 bridgehead atoms. The molecule has 4 nitrogen and oxygen atoms in total. The van der Waals surface area contributed by atoms with E-state index in [4.69, 9.17) is 0 Å². The minimum atomic E-state index is -0.432. The van der Waals surface area contributed by atoms with Crippen molar-refractivity contribution in [2.45, 2.75) is 31.4 Å². The Balaban J connectivity index is 1.75. The fraction of sp³-hybridized carbons (Fsp3) is 0.700. The van der Waals surface area contributed by atoms with Crippen LogP contribution in [0.15, 0.2) is 12.3 Å². The van der Waals surface area contributed by atoms with Gasteiger partial charge in [0.1, 0.15) is 0 Å². The van der Waals surface area contributed by atoms with Crippen LogP contribution in [0.1, 0.15) is 25.0 Å². The average Bonchev–Trinajstić information content (AvgIpc) is 2.49. The van der Waals surface area contributed by atoms with E-state index in [2.05, 4.69) is 10.4 Å². The Morgan fingerprint density at radius 3 is 2.93 bits per heavy atom. The Labute approximate surface area is 83.9 Å². The van der Waals surface area contributed by atoms with Crippen molar-refractivity contribution >= 4 is 0 Å². The largest absolute Gasteiger partial charge is 0.389 e. The van der Waals surface area contributed by atoms with Gasteiger partial charge in [0.05, 0.1) is 11.3 Å². The maximum absolute atomic E-state index is 9.82. The van der Waals surface area contributed by atoms with E-state index in [9.17, 15) is 5.11 Å². The van der Waals surface area contributed by atoms with Gasteiger partial charge in [-0.05, 0) is 25.3 Å². The van der Waals surface area contributed by atoms with Gasteiger partial charge in [-0.15, -0.1) is 0 Å². The van der Waals surface area contributed by atoms with Gasteiger partial charge in [0.2, 0.25) is 0 Å². The van der Waals surface area contributed by atoms with Crippen LogP contribution in [0, 0.1) is 0 Å². The van der Waals surface area contributed by atoms with Gasteiger partial charge in [0, 0.05) is 26.3 Å². The van der Waals surface area contributed by atoms with Gasteiger partial charge >= 0.3 is 0 Å². The lowest BCUT2D eigenvalue weighted by Crippen LogP contribution is -2.46. The Kier molecular flexibility index (Phi) is 2.56. The Morgan fingerprint density at radius 2 is 2.43 bits per heavy atom. The summed E-state index contributed by atoms with van der Waals surface area (Å²) in [5.41, 5.74) is 0.714. The third-order valence-electron chi connectivity index (χ3n) is 2.97. The van der Waals surface area contributed by atoms with Crippen molar-refractivity contribution in [1.82, 2.24) is 15.1 Å². The second-order valence-electron chi connectivity index (χ2n) is 4.13. The molecule has 1 aromatic rings. The third kappa shape index (κ3) is 1.96. The molecule has 78 valence electrons. The molecule has 1 saturated carbocycles. The molecule has 1 aliphatic carbocycles. The molecule has 0 amide bonds. The van der Waals surface area contributed by atoms with Crippen LogP contribution in [0.4, 0.5) is 0 Å². The first kappa shape index (κ1) is 9.68. The summed E-state index contributed by atoms with van der Waals surface area (Å²) in [6.07, 6.45) is 4.82. The second-order valence-corrected chi connectivity index (χ2v) is 4.13. The van der Waals surface area contributed by atoms with Crippen LogP contribution in [-0.2, 0) is 13.6 Å². The highest BCUT2D eigenvalue weighted by atomic mass is 16.3. The van der Waals surface area contributed by atoms with Gasteiger partial charge in [-0.3, -0.25) is 4.68 Å². The molecule has 14 heavy (non-hydrogen) atoms. The summed E-state index contributed by atoms with van der Waals surface area (Å²) in [4.78, 5) is 0. The number of rotatable bonds is 4. The Morgan fingerprint density at radius 1 is 1.64 bits per heavy atom. The summed E-state index contributed by atoms with van der Waals surface area (Å²) in [6, 6.07) is 1.98. The zero-order valence-corrected chi connectivity index (χ0v) is 8.53. The molecule has 1 aromatic heterocycles. The molecule has 0 atom stereocenters. The molecular formula is C10H17N3O. The highest BCUT2D eigenvalue weighted by molar-refractivity contribution is 5.00. The highest BCUT2D eigenvalue weighted by Crippen LogP contribution is 2.30. The lowest BCUT2D eigenvalue weighted by Gasteiger charge is -2.36. The minimum absolute atomic E-state index is 0.432. The van der Waals surface area contributed by atoms with E-state index in [1.165, 1.54) is 0 Å². The van der Waals surface area contributed by atoms with Gasteiger partial charge < -0.3 is 10.4 Å². The third-order valence-corrected chi connectivity index (χ3v) is 2.97. The van der Waals surface area contributed by atoms with Crippen molar-refractivity contribution in [3.8, 4) is 0 Å². The zero-order chi connectivity index (χ0) is 10.0. The molecule has 0 radical (unpaired) electrons. The van der Waals surface area contributed by atoms with Gasteiger partial charge in [0.25, 0.3) is 0 Å². The summed E-state index contributed by atoms with van der Waals surface area (Å²) in [5.74, 6) is 0. The van der Waals surface area contributed by atoms with Crippen LogP contribution in [0.25, 0.3) is 0 Å². The van der Waals surface area contributed by atoms with Crippen LogP contribution in [0.3, 0.4) is 0 Å². The molecule has 0 aromatic carbocycles. The number of hydrogen-bond donors (Lipinski definition) is 2. The van der Waals surface area contributed by atoms with E-state index >= 15 is 0 Å². The molecule has 4 heteroatoms. The predicted molar refractivity (Wildman–Crippen MR) is 53.7 cm³/mol. The molecular weight excluding hydrogens is 178 g/mol. The van der Waals surface area contributed by atoms with E-state index < -0.39 is 5.60 Å². The number of hydrogen-bond acceptors (Lipinski definition) is 3. The van der Waals surface area contributed by atoms with E-state index in [1.807, 2.05) is 17.8 Å². The van der Waals surface area contributed by atoms with Crippen LogP contribution in [0.5, 0.6) is 0 Å². The van der Waals surface area contributed by atoms with Crippen molar-refractivity contribution in [2.24, 2.45) is 7.05 Å². The van der Waals surface area contributed by atoms with E-state index in [-0.39, 0.29) is 0 Å². The fourth-order valence-electron chi connectivity index (χ4n) is 1.76. The molecule has 0 spiro atoms. The van der Waals surface area contributed by atoms with Crippen LogP contribution >= 0.6 is 0 Å². The van der Waals surface area contributed by atoms with Gasteiger partial charge in [-0.1, -0.05) is 0 Å². The standard InChI is InChI=1S/C10H17N3O/c1-13-9(3-6-12-13)7-11-8-10(14)4-2-5-10/h3,6,11,14H,2,4-5,7-8H2,1H3. The smallest absolute Gasteiger partial charge is 0.0771 e. The first-order chi connectivity index (χ1) is 6.70. The van der Waals surface area contributed by atoms with Crippen molar-refractivity contribution in [3.05, 3.63) is 18.0 Å². The summed E-state index contributed by atoms with van der Waals surface area (Å²) in [7, 11) is 1.93. The normalized spacial score (nSPS) is 19.3. The van der Waals surface area contributed by atoms with Crippen LogP contribution < -0.4 is 5.32 Å². The van der Waals surface area contributed by atoms with Crippen LogP contribution in [-0.4, -0.2) is 27.0 Å². The van der Waals surface area contributed by atoms with Gasteiger partial charge in [-0.2, -0.15) is 5.10 Å². The summed E-state index contributed by atoms with van der Waals surface area (Å²) < 4.78 is 1.85. The molecule has 1 aliphatic rings. The number of aromatic nitrogens is 2. The molecule has 0 saturated heterocycles. The maximum Gasteiger partial charge on any atom is 0.0771 e.